The van der Waals surface area contributed by atoms with Crippen LogP contribution in [0.25, 0.3) is 0 Å². The average Bonchev–Trinajstić information content (AvgIpc) is 2.48. The zero-order chi connectivity index (χ0) is 17.5. The van der Waals surface area contributed by atoms with Crippen molar-refractivity contribution in [1.29, 1.82) is 0 Å². The number of rotatable bonds is 9. The lowest BCUT2D eigenvalue weighted by Gasteiger charge is -2.21. The highest BCUT2D eigenvalue weighted by atomic mass is 32.2. The fraction of sp³-hybridized carbons (Fsp3) is 0.533. The second kappa shape index (κ2) is 8.85. The Labute approximate surface area is 138 Å². The maximum atomic E-state index is 12.0. The molecular formula is C15H25N3O4S. The summed E-state index contributed by atoms with van der Waals surface area (Å²) in [6.07, 6.45) is 1.11. The van der Waals surface area contributed by atoms with Crippen LogP contribution in [0.1, 0.15) is 5.56 Å². The number of methoxy groups -OCH3 is 1. The third kappa shape index (κ3) is 7.45. The van der Waals surface area contributed by atoms with E-state index in [4.69, 9.17) is 4.74 Å². The van der Waals surface area contributed by atoms with E-state index in [1.807, 2.05) is 31.1 Å². The molecule has 0 aliphatic rings. The number of benzene rings is 1. The average molecular weight is 343 g/mol. The van der Waals surface area contributed by atoms with Crippen molar-refractivity contribution in [2.24, 2.45) is 0 Å². The largest absolute Gasteiger partial charge is 0.497 e. The Hall–Kier alpha value is -1.64. The molecule has 1 aromatic carbocycles. The Bertz CT molecular complexity index is 600. The fourth-order valence-corrected chi connectivity index (χ4v) is 2.60. The van der Waals surface area contributed by atoms with Crippen molar-refractivity contribution < 1.29 is 17.9 Å². The van der Waals surface area contributed by atoms with Gasteiger partial charge in [-0.05, 0) is 31.8 Å². The van der Waals surface area contributed by atoms with E-state index in [0.29, 0.717) is 13.1 Å². The normalized spacial score (nSPS) is 11.7. The van der Waals surface area contributed by atoms with Crippen molar-refractivity contribution in [3.63, 3.8) is 0 Å². The minimum Gasteiger partial charge on any atom is -0.497 e. The van der Waals surface area contributed by atoms with Crippen LogP contribution in [-0.2, 0) is 21.4 Å². The van der Waals surface area contributed by atoms with Crippen LogP contribution in [0.5, 0.6) is 5.75 Å². The first-order valence-electron chi connectivity index (χ1n) is 7.22. The zero-order valence-electron chi connectivity index (χ0n) is 14.1. The minimum atomic E-state index is -3.42. The number of nitrogens with one attached hydrogen (secondary N) is 1. The molecule has 0 fully saturated rings. The van der Waals surface area contributed by atoms with E-state index in [2.05, 4.69) is 5.32 Å². The highest BCUT2D eigenvalue weighted by Crippen LogP contribution is 2.10. The van der Waals surface area contributed by atoms with Gasteiger partial charge in [-0.15, -0.1) is 0 Å². The molecule has 0 saturated carbocycles. The molecule has 0 atom stereocenters. The van der Waals surface area contributed by atoms with E-state index in [1.54, 1.807) is 19.2 Å². The number of amides is 1. The van der Waals surface area contributed by atoms with Crippen LogP contribution in [0.15, 0.2) is 24.3 Å². The lowest BCUT2D eigenvalue weighted by molar-refractivity contribution is -0.121. The predicted octanol–water partition coefficient (Wildman–Crippen LogP) is 0.135. The van der Waals surface area contributed by atoms with Crippen LogP contribution in [0.3, 0.4) is 0 Å². The molecule has 23 heavy (non-hydrogen) atoms. The molecule has 0 bridgehead atoms. The van der Waals surface area contributed by atoms with Crippen molar-refractivity contribution in [3.05, 3.63) is 29.8 Å². The van der Waals surface area contributed by atoms with Gasteiger partial charge in [0.05, 0.1) is 19.9 Å². The number of ether oxygens (including phenoxy) is 1. The van der Waals surface area contributed by atoms with E-state index < -0.39 is 10.0 Å². The number of carbonyl (C=O) groups excluding carboxylic acids is 1. The molecule has 7 nitrogen and oxygen atoms in total. The second-order valence-corrected chi connectivity index (χ2v) is 7.51. The first-order valence-corrected chi connectivity index (χ1v) is 9.06. The van der Waals surface area contributed by atoms with Crippen LogP contribution in [0, 0.1) is 0 Å². The van der Waals surface area contributed by atoms with Gasteiger partial charge in [0.15, 0.2) is 0 Å². The number of nitrogens with zero attached hydrogens (tertiary/aromatic N) is 2. The smallest absolute Gasteiger partial charge is 0.235 e. The SMILES string of the molecule is COc1ccc(CNC(=O)CN(CCN(C)C)S(C)(=O)=O)cc1. The molecule has 8 heteroatoms. The van der Waals surface area contributed by atoms with E-state index in [0.717, 1.165) is 17.6 Å². The van der Waals surface area contributed by atoms with Gasteiger partial charge in [0.1, 0.15) is 5.75 Å². The molecule has 0 spiro atoms. The van der Waals surface area contributed by atoms with Crippen LogP contribution in [0.4, 0.5) is 0 Å². The molecule has 0 radical (unpaired) electrons. The highest BCUT2D eigenvalue weighted by molar-refractivity contribution is 7.88. The molecule has 0 aliphatic carbocycles. The maximum absolute atomic E-state index is 12.0. The number of hydrogen-bond acceptors (Lipinski definition) is 5. The topological polar surface area (TPSA) is 79.0 Å². The van der Waals surface area contributed by atoms with Crippen molar-refractivity contribution in [3.8, 4) is 5.75 Å². The third-order valence-electron chi connectivity index (χ3n) is 3.23. The molecule has 0 unspecified atom stereocenters. The van der Waals surface area contributed by atoms with E-state index >= 15 is 0 Å². The molecule has 1 rings (SSSR count). The minimum absolute atomic E-state index is 0.178. The van der Waals surface area contributed by atoms with Crippen LogP contribution in [-0.4, -0.2) is 70.6 Å². The summed E-state index contributed by atoms with van der Waals surface area (Å²) < 4.78 is 29.7. The van der Waals surface area contributed by atoms with E-state index in [-0.39, 0.29) is 19.0 Å². The van der Waals surface area contributed by atoms with Gasteiger partial charge in [0.2, 0.25) is 15.9 Å². The van der Waals surface area contributed by atoms with Gasteiger partial charge >= 0.3 is 0 Å². The summed E-state index contributed by atoms with van der Waals surface area (Å²) in [5.41, 5.74) is 0.915. The lowest BCUT2D eigenvalue weighted by atomic mass is 10.2. The standard InChI is InChI=1S/C15H25N3O4S/c1-17(2)9-10-18(23(4,20)21)12-15(19)16-11-13-5-7-14(22-3)8-6-13/h5-8H,9-12H2,1-4H3,(H,16,19). The van der Waals surface area contributed by atoms with Crippen molar-refractivity contribution in [1.82, 2.24) is 14.5 Å². The van der Waals surface area contributed by atoms with Gasteiger partial charge in [-0.2, -0.15) is 4.31 Å². The number of likely N-dealkylation sites (N-methyl/N-ethyl adjacent to an activating group) is 1. The van der Waals surface area contributed by atoms with E-state index in [1.165, 1.54) is 4.31 Å². The van der Waals surface area contributed by atoms with Crippen LogP contribution >= 0.6 is 0 Å². The number of sulfonamides is 1. The Morgan fingerprint density at radius 3 is 2.26 bits per heavy atom. The third-order valence-corrected chi connectivity index (χ3v) is 4.48. The first kappa shape index (κ1) is 19.4. The maximum Gasteiger partial charge on any atom is 0.235 e. The highest BCUT2D eigenvalue weighted by Gasteiger charge is 2.19. The first-order chi connectivity index (χ1) is 10.7. The lowest BCUT2D eigenvalue weighted by Crippen LogP contribution is -2.42. The van der Waals surface area contributed by atoms with Gasteiger partial charge in [-0.3, -0.25) is 4.79 Å². The molecule has 0 heterocycles. The number of hydrogen-bond donors (Lipinski definition) is 1. The van der Waals surface area contributed by atoms with Crippen LogP contribution in [0.2, 0.25) is 0 Å². The quantitative estimate of drug-likeness (QED) is 0.690. The zero-order valence-corrected chi connectivity index (χ0v) is 14.9. The second-order valence-electron chi connectivity index (χ2n) is 5.52. The Kier molecular flexibility index (Phi) is 7.47. The predicted molar refractivity (Wildman–Crippen MR) is 89.8 cm³/mol. The summed E-state index contributed by atoms with van der Waals surface area (Å²) >= 11 is 0. The molecule has 0 aliphatic heterocycles. The van der Waals surface area contributed by atoms with Crippen molar-refractivity contribution >= 4 is 15.9 Å². The van der Waals surface area contributed by atoms with Crippen molar-refractivity contribution in [2.75, 3.05) is 47.1 Å². The molecule has 0 saturated heterocycles. The molecule has 0 aromatic heterocycles. The fourth-order valence-electron chi connectivity index (χ4n) is 1.83. The molecular weight excluding hydrogens is 318 g/mol. The van der Waals surface area contributed by atoms with Gasteiger partial charge in [0.25, 0.3) is 0 Å². The summed E-state index contributed by atoms with van der Waals surface area (Å²) in [6, 6.07) is 7.31. The Morgan fingerprint density at radius 1 is 1.17 bits per heavy atom. The summed E-state index contributed by atoms with van der Waals surface area (Å²) in [5, 5.41) is 2.73. The number of carbonyl (C=O) groups is 1. The van der Waals surface area contributed by atoms with Crippen LogP contribution < -0.4 is 10.1 Å². The molecule has 130 valence electrons. The van der Waals surface area contributed by atoms with Gasteiger partial charge < -0.3 is 15.0 Å². The Morgan fingerprint density at radius 2 is 1.78 bits per heavy atom. The molecule has 1 N–H and O–H groups in total. The van der Waals surface area contributed by atoms with Gasteiger partial charge in [-0.1, -0.05) is 12.1 Å². The monoisotopic (exact) mass is 343 g/mol. The van der Waals surface area contributed by atoms with Gasteiger partial charge in [-0.25, -0.2) is 8.42 Å². The Balaban J connectivity index is 2.54. The van der Waals surface area contributed by atoms with Gasteiger partial charge in [0, 0.05) is 19.6 Å². The molecule has 1 aromatic rings. The molecule has 1 amide bonds. The summed E-state index contributed by atoms with van der Waals surface area (Å²) in [4.78, 5) is 13.9. The van der Waals surface area contributed by atoms with E-state index in [9.17, 15) is 13.2 Å². The summed E-state index contributed by atoms with van der Waals surface area (Å²) in [6.45, 7) is 0.998. The summed E-state index contributed by atoms with van der Waals surface area (Å²) in [5.74, 6) is 0.414. The summed E-state index contributed by atoms with van der Waals surface area (Å²) in [7, 11) is 1.87. The van der Waals surface area contributed by atoms with Crippen molar-refractivity contribution in [2.45, 2.75) is 6.54 Å².